The Hall–Kier alpha value is -4.56. The number of hydrogen-bond acceptors (Lipinski definition) is 7. The third-order valence-electron chi connectivity index (χ3n) is 6.74. The molecule has 1 aromatic heterocycles. The molecule has 4 atom stereocenters. The lowest BCUT2D eigenvalue weighted by atomic mass is 10.0. The van der Waals surface area contributed by atoms with Gasteiger partial charge in [-0.2, -0.15) is 12.6 Å². The topological polar surface area (TPSA) is 231 Å². The van der Waals surface area contributed by atoms with Gasteiger partial charge >= 0.3 is 5.97 Å². The lowest BCUT2D eigenvalue weighted by Crippen LogP contribution is -2.58. The summed E-state index contributed by atoms with van der Waals surface area (Å²) in [7, 11) is 0. The molecular formula is C29H38N8O5S. The Morgan fingerprint density at radius 2 is 1.49 bits per heavy atom. The van der Waals surface area contributed by atoms with E-state index in [4.69, 9.17) is 17.2 Å². The van der Waals surface area contributed by atoms with E-state index in [9.17, 15) is 24.3 Å². The Labute approximate surface area is 254 Å². The normalized spacial score (nSPS) is 13.7. The number of carbonyl (C=O) groups excluding carboxylic acids is 3. The van der Waals surface area contributed by atoms with Crippen molar-refractivity contribution in [3.05, 3.63) is 71.9 Å². The van der Waals surface area contributed by atoms with E-state index in [-0.39, 0.29) is 37.5 Å². The molecule has 13 nitrogen and oxygen atoms in total. The minimum atomic E-state index is -1.27. The Bertz CT molecular complexity index is 1430. The summed E-state index contributed by atoms with van der Waals surface area (Å²) in [6.45, 7) is 0.211. The van der Waals surface area contributed by atoms with Gasteiger partial charge in [0.2, 0.25) is 17.7 Å². The standard InChI is InChI=1S/C29H38N8O5S/c30-20(16-43)25(38)35-22(11-6-12-33-29(31)32)26(39)36-23(13-17-7-2-1-3-8-17)27(40)37-24(28(41)42)14-18-15-34-21-10-5-4-9-19(18)21/h1-5,7-10,15,20,22-24,34,43H,6,11-14,16,30H2,(H,35,38)(H,36,39)(H,37,40)(H,41,42)(H4,31,32,33). The fourth-order valence-electron chi connectivity index (χ4n) is 4.46. The Morgan fingerprint density at radius 1 is 0.860 bits per heavy atom. The molecule has 11 N–H and O–H groups in total. The van der Waals surface area contributed by atoms with Crippen LogP contribution in [0.1, 0.15) is 24.0 Å². The molecule has 3 amide bonds. The van der Waals surface area contributed by atoms with Crippen molar-refractivity contribution in [2.45, 2.75) is 49.9 Å². The third-order valence-corrected chi connectivity index (χ3v) is 7.13. The first kappa shape index (κ1) is 32.9. The lowest BCUT2D eigenvalue weighted by Gasteiger charge is -2.25. The number of carboxylic acid groups (broad SMARTS) is 1. The van der Waals surface area contributed by atoms with Gasteiger partial charge < -0.3 is 43.2 Å². The summed E-state index contributed by atoms with van der Waals surface area (Å²) in [5.74, 6) is -3.21. The number of guanidine groups is 1. The van der Waals surface area contributed by atoms with E-state index in [1.807, 2.05) is 30.3 Å². The second kappa shape index (κ2) is 16.2. The van der Waals surface area contributed by atoms with Crippen molar-refractivity contribution in [3.63, 3.8) is 0 Å². The number of nitrogens with zero attached hydrogens (tertiary/aromatic N) is 1. The number of H-pyrrole nitrogens is 1. The predicted octanol–water partition coefficient (Wildman–Crippen LogP) is -0.197. The van der Waals surface area contributed by atoms with E-state index >= 15 is 0 Å². The molecule has 0 aliphatic heterocycles. The number of nitrogens with one attached hydrogen (secondary N) is 4. The molecule has 14 heteroatoms. The molecule has 230 valence electrons. The van der Waals surface area contributed by atoms with Crippen LogP contribution in [0.15, 0.2) is 65.8 Å². The van der Waals surface area contributed by atoms with Crippen molar-refractivity contribution in [2.24, 2.45) is 22.2 Å². The van der Waals surface area contributed by atoms with E-state index in [0.717, 1.165) is 22.0 Å². The average molecular weight is 611 g/mol. The Morgan fingerprint density at radius 3 is 2.16 bits per heavy atom. The maximum absolute atomic E-state index is 13.6. The van der Waals surface area contributed by atoms with Crippen LogP contribution in [-0.4, -0.2) is 76.2 Å². The lowest BCUT2D eigenvalue weighted by molar-refractivity contribution is -0.142. The van der Waals surface area contributed by atoms with E-state index in [2.05, 4.69) is 38.6 Å². The second-order valence-electron chi connectivity index (χ2n) is 10.0. The number of carbonyl (C=O) groups is 4. The van der Waals surface area contributed by atoms with Crippen LogP contribution in [0.3, 0.4) is 0 Å². The molecule has 3 aromatic rings. The molecule has 0 aliphatic rings. The highest BCUT2D eigenvalue weighted by Gasteiger charge is 2.30. The molecular weight excluding hydrogens is 572 g/mol. The summed E-state index contributed by atoms with van der Waals surface area (Å²) in [6.07, 6.45) is 2.28. The first-order valence-corrected chi connectivity index (χ1v) is 14.4. The zero-order valence-corrected chi connectivity index (χ0v) is 24.4. The molecule has 2 aromatic carbocycles. The number of thiol groups is 1. The second-order valence-corrected chi connectivity index (χ2v) is 10.4. The number of benzene rings is 2. The van der Waals surface area contributed by atoms with Crippen LogP contribution in [0.25, 0.3) is 10.9 Å². The van der Waals surface area contributed by atoms with Crippen LogP contribution in [0.2, 0.25) is 0 Å². The fraction of sp³-hybridized carbons (Fsp3) is 0.345. The highest BCUT2D eigenvalue weighted by molar-refractivity contribution is 7.80. The van der Waals surface area contributed by atoms with Crippen LogP contribution >= 0.6 is 12.6 Å². The van der Waals surface area contributed by atoms with Gasteiger partial charge in [0.05, 0.1) is 6.04 Å². The summed E-state index contributed by atoms with van der Waals surface area (Å²) in [4.78, 5) is 58.8. The quantitative estimate of drug-likeness (QED) is 0.0455. The van der Waals surface area contributed by atoms with Crippen LogP contribution in [0.5, 0.6) is 0 Å². The number of rotatable bonds is 16. The number of nitrogens with two attached hydrogens (primary N) is 3. The number of aliphatic carboxylic acids is 1. The molecule has 4 unspecified atom stereocenters. The Balaban J connectivity index is 1.81. The van der Waals surface area contributed by atoms with Crippen LogP contribution in [-0.2, 0) is 32.0 Å². The fourth-order valence-corrected chi connectivity index (χ4v) is 4.62. The van der Waals surface area contributed by atoms with Gasteiger partial charge in [-0.3, -0.25) is 19.4 Å². The van der Waals surface area contributed by atoms with Crippen molar-refractivity contribution in [3.8, 4) is 0 Å². The molecule has 0 saturated heterocycles. The number of para-hydroxylation sites is 1. The number of fused-ring (bicyclic) bond motifs is 1. The molecule has 43 heavy (non-hydrogen) atoms. The van der Waals surface area contributed by atoms with Gasteiger partial charge in [0, 0.05) is 42.2 Å². The molecule has 0 radical (unpaired) electrons. The predicted molar refractivity (Wildman–Crippen MR) is 167 cm³/mol. The van der Waals surface area contributed by atoms with Crippen molar-refractivity contribution < 1.29 is 24.3 Å². The van der Waals surface area contributed by atoms with Crippen molar-refractivity contribution in [2.75, 3.05) is 12.3 Å². The molecule has 0 saturated carbocycles. The number of aromatic amines is 1. The van der Waals surface area contributed by atoms with Crippen molar-refractivity contribution >= 4 is 53.2 Å². The van der Waals surface area contributed by atoms with Crippen LogP contribution < -0.4 is 33.2 Å². The van der Waals surface area contributed by atoms with Gasteiger partial charge in [-0.25, -0.2) is 4.79 Å². The van der Waals surface area contributed by atoms with E-state index < -0.39 is 47.9 Å². The summed E-state index contributed by atoms with van der Waals surface area (Å²) in [5, 5.41) is 18.7. The summed E-state index contributed by atoms with van der Waals surface area (Å²) in [6, 6.07) is 11.9. The average Bonchev–Trinajstić information content (AvgIpc) is 3.40. The third kappa shape index (κ3) is 10.0. The molecule has 0 spiro atoms. The SMILES string of the molecule is NC(N)=NCCCC(NC(=O)C(N)CS)C(=O)NC(Cc1ccccc1)C(=O)NC(Cc1c[nH]c2ccccc12)C(=O)O. The van der Waals surface area contributed by atoms with Gasteiger partial charge in [0.1, 0.15) is 18.1 Å². The number of hydrogen-bond donors (Lipinski definition) is 9. The van der Waals surface area contributed by atoms with Gasteiger partial charge in [0.25, 0.3) is 0 Å². The zero-order chi connectivity index (χ0) is 31.4. The van der Waals surface area contributed by atoms with Crippen LogP contribution in [0.4, 0.5) is 0 Å². The van der Waals surface area contributed by atoms with Crippen molar-refractivity contribution in [1.82, 2.24) is 20.9 Å². The van der Waals surface area contributed by atoms with Crippen molar-refractivity contribution in [1.29, 1.82) is 0 Å². The smallest absolute Gasteiger partial charge is 0.326 e. The van der Waals surface area contributed by atoms with Gasteiger partial charge in [0.15, 0.2) is 5.96 Å². The summed E-state index contributed by atoms with van der Waals surface area (Å²) < 4.78 is 0. The molecule has 0 bridgehead atoms. The Kier molecular flexibility index (Phi) is 12.4. The van der Waals surface area contributed by atoms with Gasteiger partial charge in [-0.05, 0) is 30.0 Å². The number of aromatic nitrogens is 1. The number of amides is 3. The minimum Gasteiger partial charge on any atom is -0.480 e. The maximum Gasteiger partial charge on any atom is 0.326 e. The monoisotopic (exact) mass is 610 g/mol. The van der Waals surface area contributed by atoms with E-state index in [1.54, 1.807) is 30.5 Å². The number of carboxylic acids is 1. The molecule has 0 aliphatic carbocycles. The maximum atomic E-state index is 13.6. The highest BCUT2D eigenvalue weighted by atomic mass is 32.1. The minimum absolute atomic E-state index is 0.0161. The zero-order valence-electron chi connectivity index (χ0n) is 23.5. The molecule has 3 rings (SSSR count). The summed E-state index contributed by atoms with van der Waals surface area (Å²) >= 11 is 4.04. The van der Waals surface area contributed by atoms with E-state index in [1.165, 1.54) is 0 Å². The molecule has 1 heterocycles. The first-order chi connectivity index (χ1) is 20.6. The van der Waals surface area contributed by atoms with Gasteiger partial charge in [-0.15, -0.1) is 0 Å². The van der Waals surface area contributed by atoms with Crippen LogP contribution in [0, 0.1) is 0 Å². The first-order valence-electron chi connectivity index (χ1n) is 13.7. The summed E-state index contributed by atoms with van der Waals surface area (Å²) in [5.41, 5.74) is 18.8. The van der Waals surface area contributed by atoms with E-state index in [0.29, 0.717) is 6.42 Å². The van der Waals surface area contributed by atoms with Gasteiger partial charge in [-0.1, -0.05) is 48.5 Å². The highest BCUT2D eigenvalue weighted by Crippen LogP contribution is 2.19. The number of aliphatic imine (C=N–C) groups is 1. The molecule has 0 fully saturated rings. The largest absolute Gasteiger partial charge is 0.480 e.